The predicted octanol–water partition coefficient (Wildman–Crippen LogP) is 8.41. The van der Waals surface area contributed by atoms with E-state index in [9.17, 15) is 9.59 Å². The van der Waals surface area contributed by atoms with Crippen molar-refractivity contribution in [2.45, 2.75) is 77.3 Å². The maximum absolute atomic E-state index is 13.7. The third kappa shape index (κ3) is 4.29. The summed E-state index contributed by atoms with van der Waals surface area (Å²) < 4.78 is 0. The lowest BCUT2D eigenvalue weighted by atomic mass is 9.84. The van der Waals surface area contributed by atoms with Crippen molar-refractivity contribution in [3.05, 3.63) is 95.3 Å². The quantitative estimate of drug-likeness (QED) is 0.178. The molecule has 0 N–H and O–H groups in total. The number of para-hydroxylation sites is 2. The third-order valence-corrected chi connectivity index (χ3v) is 10.5. The van der Waals surface area contributed by atoms with E-state index in [4.69, 9.17) is 9.97 Å². The van der Waals surface area contributed by atoms with E-state index < -0.39 is 0 Å². The van der Waals surface area contributed by atoms with Crippen LogP contribution in [0, 0.1) is 11.8 Å². The van der Waals surface area contributed by atoms with Gasteiger partial charge in [0.2, 0.25) is 0 Å². The molecule has 8 rings (SSSR count). The van der Waals surface area contributed by atoms with Gasteiger partial charge in [0.25, 0.3) is 0 Å². The summed E-state index contributed by atoms with van der Waals surface area (Å²) in [6.45, 7) is 4.70. The molecule has 1 aromatic heterocycles. The molecule has 0 bridgehead atoms. The first-order valence-corrected chi connectivity index (χ1v) is 16.4. The highest BCUT2D eigenvalue weighted by Crippen LogP contribution is 2.48. The molecule has 2 saturated carbocycles. The molecule has 6 nitrogen and oxygen atoms in total. The molecule has 3 aliphatic carbocycles. The summed E-state index contributed by atoms with van der Waals surface area (Å²) in [5.41, 5.74) is 3.01. The van der Waals surface area contributed by atoms with Crippen molar-refractivity contribution in [1.82, 2.24) is 9.97 Å². The standard InChI is InChI=1S/C38H38N4O2/c1-23-11-3-9-17-32(23)41-34(20-19-27-35(43)28-21-25-13-5-6-14-26(25)22-29(28)36(27)44)42(33-18-10-4-12-24(33)2)38-37(41)39-30-15-7-8-16-31(30)40-38/h5-8,13-16,19-24,32-33H,3-4,9-12,17-18H2,1-2H3. The Labute approximate surface area is 258 Å². The molecule has 44 heavy (non-hydrogen) atoms. The zero-order valence-electron chi connectivity index (χ0n) is 25.5. The molecule has 0 amide bonds. The molecular formula is C38H38N4O2. The molecule has 3 aromatic carbocycles. The topological polar surface area (TPSA) is 66.4 Å². The number of fused-ring (bicyclic) bond motifs is 4. The smallest absolute Gasteiger partial charge is 0.197 e. The van der Waals surface area contributed by atoms with Gasteiger partial charge >= 0.3 is 0 Å². The molecule has 2 heterocycles. The number of rotatable bonds is 3. The zero-order valence-corrected chi connectivity index (χ0v) is 25.5. The van der Waals surface area contributed by atoms with Crippen LogP contribution in [-0.4, -0.2) is 33.6 Å². The number of hydrogen-bond acceptors (Lipinski definition) is 6. The highest BCUT2D eigenvalue weighted by atomic mass is 16.2. The molecule has 0 radical (unpaired) electrons. The van der Waals surface area contributed by atoms with Crippen LogP contribution in [0.25, 0.3) is 21.8 Å². The van der Waals surface area contributed by atoms with Crippen molar-refractivity contribution in [3.63, 3.8) is 0 Å². The molecule has 0 saturated heterocycles. The first-order chi connectivity index (χ1) is 21.5. The Morgan fingerprint density at radius 3 is 1.57 bits per heavy atom. The van der Waals surface area contributed by atoms with Gasteiger partial charge in [-0.05, 0) is 84.7 Å². The Kier molecular flexibility index (Phi) is 6.62. The van der Waals surface area contributed by atoms with Gasteiger partial charge in [-0.3, -0.25) is 9.59 Å². The van der Waals surface area contributed by atoms with Gasteiger partial charge in [0, 0.05) is 23.2 Å². The van der Waals surface area contributed by atoms with Crippen LogP contribution >= 0.6 is 0 Å². The number of carbonyl (C=O) groups is 2. The highest BCUT2D eigenvalue weighted by Gasteiger charge is 2.45. The average Bonchev–Trinajstić information content (AvgIpc) is 3.47. The number of carbonyl (C=O) groups excluding carboxylic acids is 2. The van der Waals surface area contributed by atoms with Gasteiger partial charge in [0.15, 0.2) is 23.2 Å². The highest BCUT2D eigenvalue weighted by molar-refractivity contribution is 6.40. The first kappa shape index (κ1) is 27.2. The van der Waals surface area contributed by atoms with Crippen LogP contribution in [0.15, 0.2) is 84.2 Å². The number of benzene rings is 3. The maximum Gasteiger partial charge on any atom is 0.197 e. The summed E-state index contributed by atoms with van der Waals surface area (Å²) in [5.74, 6) is 3.39. The van der Waals surface area contributed by atoms with Crippen molar-refractivity contribution < 1.29 is 9.59 Å². The number of anilines is 2. The van der Waals surface area contributed by atoms with Crippen molar-refractivity contribution >= 4 is 45.0 Å². The lowest BCUT2D eigenvalue weighted by Crippen LogP contribution is -2.46. The van der Waals surface area contributed by atoms with E-state index >= 15 is 0 Å². The van der Waals surface area contributed by atoms with Crippen molar-refractivity contribution in [2.75, 3.05) is 9.80 Å². The van der Waals surface area contributed by atoms with Crippen molar-refractivity contribution in [1.29, 1.82) is 0 Å². The molecule has 4 unspecified atom stereocenters. The summed E-state index contributed by atoms with van der Waals surface area (Å²) in [6, 6.07) is 20.3. The molecule has 1 aliphatic heterocycles. The first-order valence-electron chi connectivity index (χ1n) is 16.4. The second-order valence-electron chi connectivity index (χ2n) is 13.3. The Morgan fingerprint density at radius 2 is 1.09 bits per heavy atom. The van der Waals surface area contributed by atoms with Crippen molar-refractivity contribution in [2.24, 2.45) is 11.8 Å². The molecule has 6 heteroatoms. The molecular weight excluding hydrogens is 544 g/mol. The predicted molar refractivity (Wildman–Crippen MR) is 176 cm³/mol. The van der Waals surface area contributed by atoms with Crippen molar-refractivity contribution in [3.8, 4) is 0 Å². The van der Waals surface area contributed by atoms with E-state index in [1.54, 1.807) is 6.08 Å². The molecule has 2 fully saturated rings. The molecule has 0 spiro atoms. The number of nitrogens with zero attached hydrogens (tertiary/aromatic N) is 4. The van der Waals surface area contributed by atoms with Crippen LogP contribution < -0.4 is 9.80 Å². The minimum absolute atomic E-state index is 0.194. The average molecular weight is 583 g/mol. The number of Topliss-reactive ketones (excluding diaryl/α,β-unsaturated/α-hetero) is 2. The van der Waals surface area contributed by atoms with E-state index in [0.717, 1.165) is 52.1 Å². The lowest BCUT2D eigenvalue weighted by molar-refractivity contribution is 0.0988. The number of aromatic nitrogens is 2. The number of allylic oxidation sites excluding steroid dienone is 3. The van der Waals surface area contributed by atoms with E-state index in [2.05, 4.69) is 23.6 Å². The summed E-state index contributed by atoms with van der Waals surface area (Å²) >= 11 is 0. The zero-order chi connectivity index (χ0) is 29.9. The lowest BCUT2D eigenvalue weighted by Gasteiger charge is -2.41. The summed E-state index contributed by atoms with van der Waals surface area (Å²) in [7, 11) is 0. The fourth-order valence-electron chi connectivity index (χ4n) is 8.13. The SMILES string of the molecule is CC1CCCCC1N1C(=CC=C2C(=O)c3cc4ccccc4cc3C2=O)N(C2CCCCC2C)c2nc3ccccc3nc21. The van der Waals surface area contributed by atoms with Gasteiger partial charge < -0.3 is 9.80 Å². The van der Waals surface area contributed by atoms with E-state index in [0.29, 0.717) is 23.0 Å². The fraction of sp³-hybridized carbons (Fsp3) is 0.368. The molecule has 4 aromatic rings. The monoisotopic (exact) mass is 582 g/mol. The number of hydrogen-bond donors (Lipinski definition) is 0. The van der Waals surface area contributed by atoms with Crippen LogP contribution in [0.2, 0.25) is 0 Å². The summed E-state index contributed by atoms with van der Waals surface area (Å²) in [6.07, 6.45) is 13.2. The van der Waals surface area contributed by atoms with Crippen LogP contribution in [-0.2, 0) is 0 Å². The fourth-order valence-corrected chi connectivity index (χ4v) is 8.13. The third-order valence-electron chi connectivity index (χ3n) is 10.5. The molecule has 222 valence electrons. The van der Waals surface area contributed by atoms with Crippen LogP contribution in [0.4, 0.5) is 11.6 Å². The minimum atomic E-state index is -0.194. The van der Waals surface area contributed by atoms with E-state index in [-0.39, 0.29) is 29.2 Å². The maximum atomic E-state index is 13.7. The summed E-state index contributed by atoms with van der Waals surface area (Å²) in [4.78, 5) is 42.8. The van der Waals surface area contributed by atoms with Gasteiger partial charge in [-0.1, -0.05) is 75.9 Å². The van der Waals surface area contributed by atoms with Gasteiger partial charge in [0.05, 0.1) is 16.6 Å². The Hall–Kier alpha value is -4.32. The van der Waals surface area contributed by atoms with Gasteiger partial charge in [0.1, 0.15) is 5.82 Å². The largest absolute Gasteiger partial charge is 0.306 e. The normalized spacial score (nSPS) is 25.1. The van der Waals surface area contributed by atoms with E-state index in [1.807, 2.05) is 66.7 Å². The van der Waals surface area contributed by atoms with Gasteiger partial charge in [-0.2, -0.15) is 0 Å². The van der Waals surface area contributed by atoms with Crippen LogP contribution in [0.3, 0.4) is 0 Å². The molecule has 4 atom stereocenters. The van der Waals surface area contributed by atoms with E-state index in [1.165, 1.54) is 38.5 Å². The second kappa shape index (κ2) is 10.7. The Balaban J connectivity index is 1.30. The Bertz CT molecular complexity index is 1760. The number of ketones is 2. The van der Waals surface area contributed by atoms with Gasteiger partial charge in [-0.15, -0.1) is 0 Å². The Morgan fingerprint density at radius 1 is 0.636 bits per heavy atom. The van der Waals surface area contributed by atoms with Crippen LogP contribution in [0.5, 0.6) is 0 Å². The van der Waals surface area contributed by atoms with Crippen LogP contribution in [0.1, 0.15) is 85.9 Å². The molecule has 4 aliphatic rings. The summed E-state index contributed by atoms with van der Waals surface area (Å²) in [5, 5.41) is 1.94. The van der Waals surface area contributed by atoms with Gasteiger partial charge in [-0.25, -0.2) is 9.97 Å². The second-order valence-corrected chi connectivity index (χ2v) is 13.3. The minimum Gasteiger partial charge on any atom is -0.306 e.